The number of esters is 1. The van der Waals surface area contributed by atoms with E-state index in [4.69, 9.17) is 4.74 Å². The first kappa shape index (κ1) is 12.9. The van der Waals surface area contributed by atoms with Gasteiger partial charge in [0, 0.05) is 6.20 Å². The highest BCUT2D eigenvalue weighted by molar-refractivity contribution is 5.90. The fourth-order valence-corrected chi connectivity index (χ4v) is 1.26. The summed E-state index contributed by atoms with van der Waals surface area (Å²) in [6.45, 7) is 0. The topological polar surface area (TPSA) is 64.2 Å². The van der Waals surface area contributed by atoms with Crippen molar-refractivity contribution in [3.05, 3.63) is 42.2 Å². The molecule has 0 bridgehead atoms. The van der Waals surface area contributed by atoms with Crippen molar-refractivity contribution in [2.24, 2.45) is 0 Å². The van der Waals surface area contributed by atoms with E-state index >= 15 is 0 Å². The molecule has 0 saturated carbocycles. The molecule has 2 rings (SSSR count). The quantitative estimate of drug-likeness (QED) is 0.688. The van der Waals surface area contributed by atoms with Gasteiger partial charge in [-0.15, -0.1) is 13.2 Å². The largest absolute Gasteiger partial charge is 0.573 e. The van der Waals surface area contributed by atoms with Crippen LogP contribution in [0.15, 0.2) is 36.7 Å². The maximum absolute atomic E-state index is 12.2. The van der Waals surface area contributed by atoms with Crippen molar-refractivity contribution in [2.75, 3.05) is 0 Å². The second-order valence-corrected chi connectivity index (χ2v) is 3.37. The second-order valence-electron chi connectivity index (χ2n) is 3.37. The fraction of sp³-hybridized carbons (Fsp3) is 0.0909. The summed E-state index contributed by atoms with van der Waals surface area (Å²) in [5.74, 6) is -1.76. The lowest BCUT2D eigenvalue weighted by molar-refractivity contribution is -0.275. The number of para-hydroxylation sites is 2. The van der Waals surface area contributed by atoms with Crippen molar-refractivity contribution in [3.8, 4) is 11.5 Å². The number of hydrogen-bond donors (Lipinski definition) is 1. The van der Waals surface area contributed by atoms with Gasteiger partial charge in [0.05, 0.1) is 11.8 Å². The number of alkyl halides is 3. The van der Waals surface area contributed by atoms with Gasteiger partial charge in [-0.3, -0.25) is 5.10 Å². The zero-order valence-corrected chi connectivity index (χ0v) is 9.27. The number of rotatable bonds is 3. The minimum Gasteiger partial charge on any atom is -0.419 e. The summed E-state index contributed by atoms with van der Waals surface area (Å²) in [4.78, 5) is 11.6. The van der Waals surface area contributed by atoms with Gasteiger partial charge in [0.15, 0.2) is 11.5 Å². The molecule has 0 spiro atoms. The Bertz CT molecular complexity index is 567. The van der Waals surface area contributed by atoms with Crippen LogP contribution in [0, 0.1) is 0 Å². The summed E-state index contributed by atoms with van der Waals surface area (Å²) in [5, 5.41) is 5.92. The van der Waals surface area contributed by atoms with Crippen molar-refractivity contribution in [3.63, 3.8) is 0 Å². The maximum Gasteiger partial charge on any atom is 0.573 e. The van der Waals surface area contributed by atoms with Gasteiger partial charge in [0.1, 0.15) is 0 Å². The molecule has 0 amide bonds. The number of ether oxygens (including phenoxy) is 2. The highest BCUT2D eigenvalue weighted by Gasteiger charge is 2.32. The van der Waals surface area contributed by atoms with Crippen LogP contribution < -0.4 is 9.47 Å². The van der Waals surface area contributed by atoms with Crippen LogP contribution in [-0.2, 0) is 0 Å². The molecule has 100 valence electrons. The number of carbonyl (C=O) groups excluding carboxylic acids is 1. The number of nitrogens with one attached hydrogen (secondary N) is 1. The molecule has 0 unspecified atom stereocenters. The molecule has 8 heteroatoms. The monoisotopic (exact) mass is 272 g/mol. The minimum atomic E-state index is -4.86. The van der Waals surface area contributed by atoms with Gasteiger partial charge < -0.3 is 9.47 Å². The molecular formula is C11H7F3N2O3. The Morgan fingerprint density at radius 3 is 2.47 bits per heavy atom. The van der Waals surface area contributed by atoms with E-state index in [2.05, 4.69) is 14.9 Å². The molecule has 0 radical (unpaired) electrons. The Hall–Kier alpha value is -2.51. The zero-order valence-electron chi connectivity index (χ0n) is 9.27. The lowest BCUT2D eigenvalue weighted by Gasteiger charge is -2.12. The highest BCUT2D eigenvalue weighted by Crippen LogP contribution is 2.32. The van der Waals surface area contributed by atoms with E-state index in [1.807, 2.05) is 0 Å². The van der Waals surface area contributed by atoms with Crippen molar-refractivity contribution in [1.29, 1.82) is 0 Å². The number of benzene rings is 1. The summed E-state index contributed by atoms with van der Waals surface area (Å²) < 4.78 is 45.0. The van der Waals surface area contributed by atoms with Crippen molar-refractivity contribution < 1.29 is 27.4 Å². The van der Waals surface area contributed by atoms with E-state index < -0.39 is 18.1 Å². The Morgan fingerprint density at radius 1 is 1.21 bits per heavy atom. The van der Waals surface area contributed by atoms with Gasteiger partial charge >= 0.3 is 12.3 Å². The molecule has 1 heterocycles. The van der Waals surface area contributed by atoms with E-state index in [1.165, 1.54) is 30.6 Å². The minimum absolute atomic E-state index is 0.0850. The Balaban J connectivity index is 2.18. The van der Waals surface area contributed by atoms with Crippen LogP contribution in [-0.4, -0.2) is 22.5 Å². The van der Waals surface area contributed by atoms with Crippen molar-refractivity contribution >= 4 is 5.97 Å². The number of H-pyrrole nitrogens is 1. The highest BCUT2D eigenvalue weighted by atomic mass is 19.4. The van der Waals surface area contributed by atoms with Crippen LogP contribution in [0.3, 0.4) is 0 Å². The summed E-state index contributed by atoms with van der Waals surface area (Å²) in [7, 11) is 0. The van der Waals surface area contributed by atoms with E-state index in [-0.39, 0.29) is 11.3 Å². The number of aromatic amines is 1. The third-order valence-electron chi connectivity index (χ3n) is 2.01. The average molecular weight is 272 g/mol. The van der Waals surface area contributed by atoms with Crippen molar-refractivity contribution in [2.45, 2.75) is 6.36 Å². The molecule has 0 atom stereocenters. The summed E-state index contributed by atoms with van der Waals surface area (Å²) in [6, 6.07) is 4.99. The van der Waals surface area contributed by atoms with E-state index in [9.17, 15) is 18.0 Å². The maximum atomic E-state index is 12.2. The van der Waals surface area contributed by atoms with Gasteiger partial charge in [-0.2, -0.15) is 5.10 Å². The van der Waals surface area contributed by atoms with Gasteiger partial charge in [0.2, 0.25) is 0 Å². The van der Waals surface area contributed by atoms with Gasteiger partial charge in [-0.1, -0.05) is 12.1 Å². The Morgan fingerprint density at radius 2 is 1.89 bits per heavy atom. The van der Waals surface area contributed by atoms with Gasteiger partial charge in [-0.25, -0.2) is 4.79 Å². The van der Waals surface area contributed by atoms with Gasteiger partial charge in [-0.05, 0) is 12.1 Å². The molecule has 5 nitrogen and oxygen atoms in total. The van der Waals surface area contributed by atoms with Crippen LogP contribution in [0.5, 0.6) is 11.5 Å². The number of hydrogen-bond acceptors (Lipinski definition) is 4. The second kappa shape index (κ2) is 5.01. The summed E-state index contributed by atoms with van der Waals surface area (Å²) >= 11 is 0. The number of carbonyl (C=O) groups is 1. The number of aromatic nitrogens is 2. The molecule has 0 fully saturated rings. The normalized spacial score (nSPS) is 11.1. The Labute approximate surface area is 105 Å². The predicted octanol–water partition coefficient (Wildman–Crippen LogP) is 2.53. The molecule has 1 aromatic carbocycles. The molecule has 0 aliphatic heterocycles. The fourth-order valence-electron chi connectivity index (χ4n) is 1.26. The standard InChI is InChI=1S/C11H7F3N2O3/c12-11(13,14)19-9-4-2-1-3-8(9)18-10(17)7-5-15-16-6-7/h1-6H,(H,15,16). The SMILES string of the molecule is O=C(Oc1ccccc1OC(F)(F)F)c1cn[nH]c1. The van der Waals surface area contributed by atoms with E-state index in [0.29, 0.717) is 0 Å². The number of halogens is 3. The van der Waals surface area contributed by atoms with Crippen LogP contribution in [0.25, 0.3) is 0 Å². The van der Waals surface area contributed by atoms with E-state index in [1.54, 1.807) is 0 Å². The van der Waals surface area contributed by atoms with Crippen LogP contribution >= 0.6 is 0 Å². The smallest absolute Gasteiger partial charge is 0.419 e. The lowest BCUT2D eigenvalue weighted by Crippen LogP contribution is -2.18. The molecular weight excluding hydrogens is 265 g/mol. The molecule has 0 aliphatic carbocycles. The summed E-state index contributed by atoms with van der Waals surface area (Å²) in [5.41, 5.74) is 0.0850. The molecule has 2 aromatic rings. The Kier molecular flexibility index (Phi) is 3.41. The molecule has 1 aromatic heterocycles. The predicted molar refractivity (Wildman–Crippen MR) is 56.7 cm³/mol. The lowest BCUT2D eigenvalue weighted by atomic mass is 10.3. The van der Waals surface area contributed by atoms with Crippen molar-refractivity contribution in [1.82, 2.24) is 10.2 Å². The van der Waals surface area contributed by atoms with Crippen LogP contribution in [0.1, 0.15) is 10.4 Å². The first-order chi connectivity index (χ1) is 8.96. The molecule has 0 saturated heterocycles. The van der Waals surface area contributed by atoms with E-state index in [0.717, 1.165) is 6.07 Å². The third kappa shape index (κ3) is 3.47. The molecule has 1 N–H and O–H groups in total. The van der Waals surface area contributed by atoms with Gasteiger partial charge in [0.25, 0.3) is 0 Å². The molecule has 19 heavy (non-hydrogen) atoms. The van der Waals surface area contributed by atoms with Crippen LogP contribution in [0.2, 0.25) is 0 Å². The average Bonchev–Trinajstić information content (AvgIpc) is 2.83. The number of nitrogens with zero attached hydrogens (tertiary/aromatic N) is 1. The molecule has 0 aliphatic rings. The first-order valence-corrected chi connectivity index (χ1v) is 5.01. The third-order valence-corrected chi connectivity index (χ3v) is 2.01. The zero-order chi connectivity index (χ0) is 13.9. The van der Waals surface area contributed by atoms with Crippen LogP contribution in [0.4, 0.5) is 13.2 Å². The first-order valence-electron chi connectivity index (χ1n) is 5.01. The summed E-state index contributed by atoms with van der Waals surface area (Å²) in [6.07, 6.45) is -2.41.